The van der Waals surface area contributed by atoms with E-state index in [1.165, 1.54) is 0 Å². The van der Waals surface area contributed by atoms with Crippen LogP contribution in [0.2, 0.25) is 0 Å². The van der Waals surface area contributed by atoms with E-state index in [1.807, 2.05) is 0 Å². The van der Waals surface area contributed by atoms with Crippen molar-refractivity contribution in [2.24, 2.45) is 0 Å². The highest BCUT2D eigenvalue weighted by Crippen LogP contribution is 2.42. The second-order valence-electron chi connectivity index (χ2n) is 5.99. The van der Waals surface area contributed by atoms with Gasteiger partial charge in [0.1, 0.15) is 4.90 Å². The van der Waals surface area contributed by atoms with Crippen molar-refractivity contribution in [1.82, 2.24) is 0 Å². The van der Waals surface area contributed by atoms with Gasteiger partial charge in [-0.2, -0.15) is 8.42 Å². The minimum absolute atomic E-state index is 0.0339. The molecule has 0 unspecified atom stereocenters. The Bertz CT molecular complexity index is 896. The van der Waals surface area contributed by atoms with Gasteiger partial charge in [0.15, 0.2) is 0 Å². The van der Waals surface area contributed by atoms with Gasteiger partial charge in [0.25, 0.3) is 10.1 Å². The summed E-state index contributed by atoms with van der Waals surface area (Å²) in [7, 11) is -3.83. The zero-order valence-electron chi connectivity index (χ0n) is 12.4. The van der Waals surface area contributed by atoms with Crippen LogP contribution in [0.4, 0.5) is 0 Å². The largest absolute Gasteiger partial charge is 0.297 e. The molecule has 0 aromatic heterocycles. The first-order valence-corrected chi connectivity index (χ1v) is 10.00. The van der Waals surface area contributed by atoms with Crippen LogP contribution in [0.1, 0.15) is 42.5 Å². The SMILES string of the molecule is O=C1Sc2ccc(S(=O)(=O)OC3CCCCC3)c3cccc1c23. The topological polar surface area (TPSA) is 60.4 Å². The standard InChI is InChI=1S/C17H16O4S2/c18-17-13-8-4-7-12-15(10-9-14(22-17)16(12)13)23(19,20)21-11-5-2-1-3-6-11/h4,7-11H,1-3,5-6H2. The van der Waals surface area contributed by atoms with Gasteiger partial charge in [0.05, 0.1) is 6.10 Å². The molecular weight excluding hydrogens is 332 g/mol. The van der Waals surface area contributed by atoms with E-state index in [-0.39, 0.29) is 16.1 Å². The quantitative estimate of drug-likeness (QED) is 0.781. The van der Waals surface area contributed by atoms with Crippen molar-refractivity contribution in [3.63, 3.8) is 0 Å². The van der Waals surface area contributed by atoms with Crippen molar-refractivity contribution < 1.29 is 17.4 Å². The van der Waals surface area contributed by atoms with Crippen molar-refractivity contribution in [2.45, 2.75) is 48.0 Å². The molecule has 2 aliphatic rings. The van der Waals surface area contributed by atoms with Crippen LogP contribution in [0.15, 0.2) is 40.1 Å². The summed E-state index contributed by atoms with van der Waals surface area (Å²) in [5.41, 5.74) is 0.581. The number of hydrogen-bond donors (Lipinski definition) is 0. The predicted molar refractivity (Wildman–Crippen MR) is 89.3 cm³/mol. The number of carbonyl (C=O) groups is 1. The van der Waals surface area contributed by atoms with E-state index in [2.05, 4.69) is 0 Å². The summed E-state index contributed by atoms with van der Waals surface area (Å²) < 4.78 is 30.9. The van der Waals surface area contributed by atoms with Gasteiger partial charge in [-0.15, -0.1) is 0 Å². The van der Waals surface area contributed by atoms with Crippen LogP contribution in [0.5, 0.6) is 0 Å². The van der Waals surface area contributed by atoms with Gasteiger partial charge in [-0.25, -0.2) is 0 Å². The molecule has 0 atom stereocenters. The third kappa shape index (κ3) is 2.58. The zero-order chi connectivity index (χ0) is 16.0. The van der Waals surface area contributed by atoms with Crippen molar-refractivity contribution >= 4 is 37.8 Å². The molecule has 23 heavy (non-hydrogen) atoms. The van der Waals surface area contributed by atoms with Crippen LogP contribution in [-0.2, 0) is 14.3 Å². The smallest absolute Gasteiger partial charge is 0.281 e. The minimum atomic E-state index is -3.83. The van der Waals surface area contributed by atoms with Crippen LogP contribution >= 0.6 is 11.8 Å². The van der Waals surface area contributed by atoms with Crippen LogP contribution in [-0.4, -0.2) is 19.6 Å². The monoisotopic (exact) mass is 348 g/mol. The fourth-order valence-electron chi connectivity index (χ4n) is 3.37. The van der Waals surface area contributed by atoms with Gasteiger partial charge in [-0.05, 0) is 42.8 Å². The van der Waals surface area contributed by atoms with Crippen molar-refractivity contribution in [2.75, 3.05) is 0 Å². The number of thioether (sulfide) groups is 1. The summed E-state index contributed by atoms with van der Waals surface area (Å²) in [4.78, 5) is 13.0. The molecule has 1 saturated carbocycles. The van der Waals surface area contributed by atoms with Crippen LogP contribution in [0, 0.1) is 0 Å². The lowest BCUT2D eigenvalue weighted by Gasteiger charge is -2.21. The minimum Gasteiger partial charge on any atom is -0.281 e. The molecule has 1 fully saturated rings. The third-order valence-electron chi connectivity index (χ3n) is 4.47. The molecule has 6 heteroatoms. The Labute approximate surface area is 139 Å². The highest BCUT2D eigenvalue weighted by atomic mass is 32.2. The lowest BCUT2D eigenvalue weighted by molar-refractivity contribution is 0.109. The summed E-state index contributed by atoms with van der Waals surface area (Å²) in [6.07, 6.45) is 4.50. The Morgan fingerprint density at radius 3 is 2.61 bits per heavy atom. The summed E-state index contributed by atoms with van der Waals surface area (Å²) in [6, 6.07) is 8.49. The molecule has 4 rings (SSSR count). The fourth-order valence-corrected chi connectivity index (χ4v) is 5.63. The first-order valence-electron chi connectivity index (χ1n) is 7.77. The number of hydrogen-bond acceptors (Lipinski definition) is 5. The van der Waals surface area contributed by atoms with Gasteiger partial charge >= 0.3 is 0 Å². The Kier molecular flexibility index (Phi) is 3.70. The summed E-state index contributed by atoms with van der Waals surface area (Å²) in [5, 5.41) is 1.28. The first-order chi connectivity index (χ1) is 11.1. The van der Waals surface area contributed by atoms with Gasteiger partial charge in [-0.1, -0.05) is 31.4 Å². The molecule has 1 aliphatic heterocycles. The maximum Gasteiger partial charge on any atom is 0.297 e. The van der Waals surface area contributed by atoms with E-state index >= 15 is 0 Å². The van der Waals surface area contributed by atoms with Gasteiger partial charge in [0, 0.05) is 21.2 Å². The average Bonchev–Trinajstić information content (AvgIpc) is 2.86. The van der Waals surface area contributed by atoms with Gasteiger partial charge in [-0.3, -0.25) is 8.98 Å². The second-order valence-corrected chi connectivity index (χ2v) is 8.55. The lowest BCUT2D eigenvalue weighted by atomic mass is 9.98. The summed E-state index contributed by atoms with van der Waals surface area (Å²) in [6.45, 7) is 0. The Morgan fingerprint density at radius 2 is 1.83 bits per heavy atom. The van der Waals surface area contributed by atoms with Crippen LogP contribution < -0.4 is 0 Å². The maximum absolute atomic E-state index is 12.7. The average molecular weight is 348 g/mol. The van der Waals surface area contributed by atoms with E-state index in [9.17, 15) is 13.2 Å². The predicted octanol–water partition coefficient (Wildman–Crippen LogP) is 4.12. The molecule has 0 amide bonds. The Hall–Kier alpha value is -1.37. The Morgan fingerprint density at radius 1 is 1.04 bits per heavy atom. The number of benzene rings is 2. The number of carbonyl (C=O) groups excluding carboxylic acids is 1. The van der Waals surface area contributed by atoms with Crippen LogP contribution in [0.25, 0.3) is 10.8 Å². The molecule has 1 aliphatic carbocycles. The van der Waals surface area contributed by atoms with Gasteiger partial charge in [0.2, 0.25) is 5.12 Å². The van der Waals surface area contributed by atoms with Crippen molar-refractivity contribution in [3.05, 3.63) is 35.9 Å². The van der Waals surface area contributed by atoms with E-state index in [4.69, 9.17) is 4.18 Å². The Balaban J connectivity index is 1.80. The maximum atomic E-state index is 12.7. The van der Waals surface area contributed by atoms with E-state index in [1.54, 1.807) is 30.3 Å². The fraction of sp³-hybridized carbons (Fsp3) is 0.353. The summed E-state index contributed by atoms with van der Waals surface area (Å²) in [5.74, 6) is 0. The molecule has 4 nitrogen and oxygen atoms in total. The van der Waals surface area contributed by atoms with E-state index in [0.29, 0.717) is 10.9 Å². The molecule has 2 aromatic carbocycles. The molecule has 2 aromatic rings. The van der Waals surface area contributed by atoms with Gasteiger partial charge < -0.3 is 0 Å². The number of rotatable bonds is 3. The van der Waals surface area contributed by atoms with Crippen LogP contribution in [0.3, 0.4) is 0 Å². The van der Waals surface area contributed by atoms with Crippen molar-refractivity contribution in [3.8, 4) is 0 Å². The molecular formula is C17H16O4S2. The highest BCUT2D eigenvalue weighted by Gasteiger charge is 2.29. The molecule has 0 bridgehead atoms. The molecule has 0 spiro atoms. The molecule has 0 N–H and O–H groups in total. The molecule has 0 radical (unpaired) electrons. The zero-order valence-corrected chi connectivity index (χ0v) is 14.1. The third-order valence-corrected chi connectivity index (χ3v) is 6.85. The highest BCUT2D eigenvalue weighted by molar-refractivity contribution is 8.14. The van der Waals surface area contributed by atoms with E-state index in [0.717, 1.165) is 54.1 Å². The lowest BCUT2D eigenvalue weighted by Crippen LogP contribution is -2.21. The van der Waals surface area contributed by atoms with Crippen molar-refractivity contribution in [1.29, 1.82) is 0 Å². The molecule has 1 heterocycles. The second kappa shape index (κ2) is 5.61. The summed E-state index contributed by atoms with van der Waals surface area (Å²) >= 11 is 1.15. The molecule has 0 saturated heterocycles. The van der Waals surface area contributed by atoms with E-state index < -0.39 is 10.1 Å². The normalized spacial score (nSPS) is 18.7. The first kappa shape index (κ1) is 15.2. The molecule has 120 valence electrons.